The highest BCUT2D eigenvalue weighted by atomic mass is 35.5. The Morgan fingerprint density at radius 2 is 1.92 bits per heavy atom. The van der Waals surface area contributed by atoms with E-state index in [2.05, 4.69) is 5.32 Å². The Morgan fingerprint density at radius 1 is 1.21 bits per heavy atom. The molecule has 2 aromatic carbocycles. The maximum atomic E-state index is 12.7. The van der Waals surface area contributed by atoms with Crippen LogP contribution in [0.3, 0.4) is 0 Å². The number of amides is 1. The maximum Gasteiger partial charge on any atom is 0.416 e. The van der Waals surface area contributed by atoms with Crippen LogP contribution in [0.25, 0.3) is 0 Å². The second kappa shape index (κ2) is 7.13. The molecule has 0 aromatic heterocycles. The molecule has 128 valence electrons. The fourth-order valence-corrected chi connectivity index (χ4v) is 2.08. The van der Waals surface area contributed by atoms with Crippen LogP contribution in [-0.2, 0) is 11.0 Å². The van der Waals surface area contributed by atoms with Crippen LogP contribution < -0.4 is 10.1 Å². The van der Waals surface area contributed by atoms with E-state index in [1.165, 1.54) is 19.1 Å². The summed E-state index contributed by atoms with van der Waals surface area (Å²) in [5.74, 6) is -0.106. The lowest BCUT2D eigenvalue weighted by Crippen LogP contribution is -2.30. The fourth-order valence-electron chi connectivity index (χ4n) is 1.97. The normalized spacial score (nSPS) is 12.6. The molecule has 0 radical (unpaired) electrons. The van der Waals surface area contributed by atoms with E-state index < -0.39 is 23.8 Å². The van der Waals surface area contributed by atoms with Gasteiger partial charge in [-0.1, -0.05) is 17.7 Å². The van der Waals surface area contributed by atoms with Crippen LogP contribution in [0.1, 0.15) is 18.1 Å². The minimum Gasteiger partial charge on any atom is -0.481 e. The predicted molar refractivity (Wildman–Crippen MR) is 86.4 cm³/mol. The minimum absolute atomic E-state index is 0.0533. The molecule has 0 unspecified atom stereocenters. The van der Waals surface area contributed by atoms with Crippen molar-refractivity contribution < 1.29 is 22.7 Å². The third-order valence-corrected chi connectivity index (χ3v) is 3.69. The molecule has 0 heterocycles. The molecule has 2 aromatic rings. The van der Waals surface area contributed by atoms with E-state index in [0.717, 1.165) is 17.7 Å². The summed E-state index contributed by atoms with van der Waals surface area (Å²) in [5, 5.41) is 2.98. The van der Waals surface area contributed by atoms with Crippen molar-refractivity contribution in [2.45, 2.75) is 26.1 Å². The molecule has 0 fully saturated rings. The summed E-state index contributed by atoms with van der Waals surface area (Å²) in [5.41, 5.74) is 0.0133. The average molecular weight is 358 g/mol. The van der Waals surface area contributed by atoms with Gasteiger partial charge in [-0.25, -0.2) is 0 Å². The number of nitrogens with one attached hydrogen (secondary N) is 1. The van der Waals surface area contributed by atoms with Gasteiger partial charge in [-0.05, 0) is 55.8 Å². The van der Waals surface area contributed by atoms with Gasteiger partial charge < -0.3 is 10.1 Å². The summed E-state index contributed by atoms with van der Waals surface area (Å²) in [6.07, 6.45) is -5.36. The minimum atomic E-state index is -4.47. The number of carbonyl (C=O) groups is 1. The number of carbonyl (C=O) groups excluding carboxylic acids is 1. The first-order valence-electron chi connectivity index (χ1n) is 7.08. The van der Waals surface area contributed by atoms with E-state index in [9.17, 15) is 18.0 Å². The quantitative estimate of drug-likeness (QED) is 0.829. The van der Waals surface area contributed by atoms with Crippen LogP contribution in [0.15, 0.2) is 42.5 Å². The first kappa shape index (κ1) is 18.1. The van der Waals surface area contributed by atoms with E-state index in [1.54, 1.807) is 25.1 Å². The second-order valence-electron chi connectivity index (χ2n) is 5.24. The summed E-state index contributed by atoms with van der Waals surface area (Å²) < 4.78 is 43.5. The predicted octanol–water partition coefficient (Wildman–Crippen LogP) is 5.07. The summed E-state index contributed by atoms with van der Waals surface area (Å²) >= 11 is 5.91. The van der Waals surface area contributed by atoms with Gasteiger partial charge in [0.15, 0.2) is 6.10 Å². The maximum absolute atomic E-state index is 12.7. The number of benzene rings is 2. The molecular weight excluding hydrogens is 343 g/mol. The standard InChI is InChI=1S/C17H15ClF3NO2/c1-10-8-14(6-7-15(10)18)24-11(2)16(23)22-13-5-3-4-12(9-13)17(19,20)21/h3-9,11H,1-2H3,(H,22,23)/t11-/m1/s1. The van der Waals surface area contributed by atoms with E-state index in [4.69, 9.17) is 16.3 Å². The Balaban J connectivity index is 2.05. The average Bonchev–Trinajstić information content (AvgIpc) is 2.50. The van der Waals surface area contributed by atoms with Gasteiger partial charge >= 0.3 is 6.18 Å². The molecule has 0 aliphatic rings. The number of hydrogen-bond donors (Lipinski definition) is 1. The Labute approximate surface area is 142 Å². The number of ether oxygens (including phenoxy) is 1. The Kier molecular flexibility index (Phi) is 5.39. The van der Waals surface area contributed by atoms with Gasteiger partial charge in [-0.3, -0.25) is 4.79 Å². The van der Waals surface area contributed by atoms with Crippen LogP contribution in [0.5, 0.6) is 5.75 Å². The molecule has 1 amide bonds. The van der Waals surface area contributed by atoms with Gasteiger partial charge in [0.05, 0.1) is 5.56 Å². The van der Waals surface area contributed by atoms with Gasteiger partial charge in [0, 0.05) is 10.7 Å². The van der Waals surface area contributed by atoms with Gasteiger partial charge in [-0.15, -0.1) is 0 Å². The van der Waals surface area contributed by atoms with Crippen molar-refractivity contribution >= 4 is 23.2 Å². The topological polar surface area (TPSA) is 38.3 Å². The molecule has 0 spiro atoms. The molecule has 7 heteroatoms. The molecule has 24 heavy (non-hydrogen) atoms. The van der Waals surface area contributed by atoms with E-state index in [-0.39, 0.29) is 5.69 Å². The third-order valence-electron chi connectivity index (χ3n) is 3.27. The van der Waals surface area contributed by atoms with Gasteiger partial charge in [0.2, 0.25) is 0 Å². The van der Waals surface area contributed by atoms with Crippen molar-refractivity contribution in [3.05, 3.63) is 58.6 Å². The summed E-state index contributed by atoms with van der Waals surface area (Å²) in [4.78, 5) is 12.1. The number of rotatable bonds is 4. The Hall–Kier alpha value is -2.21. The molecule has 3 nitrogen and oxygen atoms in total. The molecule has 0 bridgehead atoms. The van der Waals surface area contributed by atoms with Crippen molar-refractivity contribution in [3.63, 3.8) is 0 Å². The van der Waals surface area contributed by atoms with Crippen molar-refractivity contribution in [3.8, 4) is 5.75 Å². The Morgan fingerprint density at radius 3 is 2.54 bits per heavy atom. The van der Waals surface area contributed by atoms with Crippen LogP contribution in [0.2, 0.25) is 5.02 Å². The van der Waals surface area contributed by atoms with Crippen LogP contribution in [0, 0.1) is 6.92 Å². The van der Waals surface area contributed by atoms with Gasteiger partial charge in [0.25, 0.3) is 5.91 Å². The SMILES string of the molecule is Cc1cc(O[C@H](C)C(=O)Nc2cccc(C(F)(F)F)c2)ccc1Cl. The highest BCUT2D eigenvalue weighted by Gasteiger charge is 2.30. The Bertz CT molecular complexity index is 747. The van der Waals surface area contributed by atoms with Crippen LogP contribution in [0.4, 0.5) is 18.9 Å². The lowest BCUT2D eigenvalue weighted by atomic mass is 10.2. The molecule has 2 rings (SSSR count). The highest BCUT2D eigenvalue weighted by Crippen LogP contribution is 2.30. The molecule has 0 saturated heterocycles. The third kappa shape index (κ3) is 4.64. The number of alkyl halides is 3. The van der Waals surface area contributed by atoms with Crippen molar-refractivity contribution in [1.29, 1.82) is 0 Å². The number of halogens is 4. The summed E-state index contributed by atoms with van der Waals surface area (Å²) in [6.45, 7) is 3.30. The monoisotopic (exact) mass is 357 g/mol. The van der Waals surface area contributed by atoms with E-state index in [1.807, 2.05) is 0 Å². The first-order chi connectivity index (χ1) is 11.2. The van der Waals surface area contributed by atoms with Gasteiger partial charge in [-0.2, -0.15) is 13.2 Å². The number of anilines is 1. The highest BCUT2D eigenvalue weighted by molar-refractivity contribution is 6.31. The van der Waals surface area contributed by atoms with E-state index in [0.29, 0.717) is 10.8 Å². The summed E-state index contributed by atoms with van der Waals surface area (Å²) in [7, 11) is 0. The zero-order valence-electron chi connectivity index (χ0n) is 12.9. The van der Waals surface area contributed by atoms with Gasteiger partial charge in [0.1, 0.15) is 5.75 Å². The molecule has 1 atom stereocenters. The molecule has 1 N–H and O–H groups in total. The molecule has 0 saturated carbocycles. The van der Waals surface area contributed by atoms with Crippen molar-refractivity contribution in [2.24, 2.45) is 0 Å². The molecule has 0 aliphatic carbocycles. The van der Waals surface area contributed by atoms with Crippen molar-refractivity contribution in [2.75, 3.05) is 5.32 Å². The molecular formula is C17H15ClF3NO2. The zero-order chi connectivity index (χ0) is 17.9. The molecule has 0 aliphatic heterocycles. The van der Waals surface area contributed by atoms with Crippen molar-refractivity contribution in [1.82, 2.24) is 0 Å². The zero-order valence-corrected chi connectivity index (χ0v) is 13.7. The number of aryl methyl sites for hydroxylation is 1. The van der Waals surface area contributed by atoms with E-state index >= 15 is 0 Å². The second-order valence-corrected chi connectivity index (χ2v) is 5.65. The van der Waals surface area contributed by atoms with Crippen LogP contribution >= 0.6 is 11.6 Å². The lowest BCUT2D eigenvalue weighted by Gasteiger charge is -2.16. The van der Waals surface area contributed by atoms with Crippen LogP contribution in [-0.4, -0.2) is 12.0 Å². The summed E-state index contributed by atoms with van der Waals surface area (Å²) in [6, 6.07) is 9.35. The number of hydrogen-bond acceptors (Lipinski definition) is 2. The smallest absolute Gasteiger partial charge is 0.416 e. The largest absolute Gasteiger partial charge is 0.481 e. The first-order valence-corrected chi connectivity index (χ1v) is 7.45. The fraction of sp³-hybridized carbons (Fsp3) is 0.235. The lowest BCUT2D eigenvalue weighted by molar-refractivity contribution is -0.137.